The van der Waals surface area contributed by atoms with Gasteiger partial charge in [0, 0.05) is 0 Å². The minimum absolute atomic E-state index is 0.159. The van der Waals surface area contributed by atoms with Crippen molar-refractivity contribution in [2.75, 3.05) is 13.2 Å². The van der Waals surface area contributed by atoms with E-state index in [1.165, 1.54) is 25.2 Å². The Morgan fingerprint density at radius 2 is 1.47 bits per heavy atom. The predicted octanol–water partition coefficient (Wildman–Crippen LogP) is 1.18. The van der Waals surface area contributed by atoms with Crippen LogP contribution in [-0.2, 0) is 23.9 Å². The fraction of sp³-hybridized carbons (Fsp3) is 0.417. The van der Waals surface area contributed by atoms with Gasteiger partial charge in [0.25, 0.3) is 0 Å². The van der Waals surface area contributed by atoms with E-state index in [9.17, 15) is 14.4 Å². The van der Waals surface area contributed by atoms with Crippen molar-refractivity contribution in [3.8, 4) is 0 Å². The summed E-state index contributed by atoms with van der Waals surface area (Å²) in [5.74, 6) is -1.72. The second-order valence-electron chi connectivity index (χ2n) is 2.99. The number of ketones is 1. The third-order valence-corrected chi connectivity index (χ3v) is 1.58. The molecule has 0 unspecified atom stereocenters. The summed E-state index contributed by atoms with van der Waals surface area (Å²) in [5.41, 5.74) is -0.230. The van der Waals surface area contributed by atoms with Crippen molar-refractivity contribution in [1.82, 2.24) is 0 Å². The van der Waals surface area contributed by atoms with Gasteiger partial charge in [0.1, 0.15) is 5.57 Å². The van der Waals surface area contributed by atoms with E-state index >= 15 is 0 Å². The quantitative estimate of drug-likeness (QED) is 0.229. The first-order chi connectivity index (χ1) is 8.02. The van der Waals surface area contributed by atoms with Crippen molar-refractivity contribution in [3.05, 3.63) is 23.8 Å². The Morgan fingerprint density at radius 3 is 1.82 bits per heavy atom. The van der Waals surface area contributed by atoms with Crippen molar-refractivity contribution in [2.45, 2.75) is 20.8 Å². The summed E-state index contributed by atoms with van der Waals surface area (Å²) in [6.45, 7) is 4.94. The van der Waals surface area contributed by atoms with E-state index in [1.54, 1.807) is 13.8 Å². The molecule has 0 atom stereocenters. The molecule has 0 aromatic rings. The molecule has 0 aliphatic carbocycles. The summed E-state index contributed by atoms with van der Waals surface area (Å²) in [6.07, 6.45) is 3.75. The van der Waals surface area contributed by atoms with Crippen LogP contribution in [0.1, 0.15) is 20.8 Å². The summed E-state index contributed by atoms with van der Waals surface area (Å²) >= 11 is 0. The Morgan fingerprint density at radius 1 is 1.00 bits per heavy atom. The van der Waals surface area contributed by atoms with Gasteiger partial charge in [-0.25, -0.2) is 9.59 Å². The number of rotatable bonds is 6. The van der Waals surface area contributed by atoms with Crippen molar-refractivity contribution in [1.29, 1.82) is 0 Å². The minimum atomic E-state index is -0.765. The Bertz CT molecular complexity index is 332. The molecular weight excluding hydrogens is 224 g/mol. The molecule has 0 aromatic heterocycles. The van der Waals surface area contributed by atoms with E-state index < -0.39 is 11.9 Å². The molecule has 5 nitrogen and oxygen atoms in total. The van der Waals surface area contributed by atoms with Crippen LogP contribution in [-0.4, -0.2) is 30.9 Å². The van der Waals surface area contributed by atoms with Crippen LogP contribution in [0.15, 0.2) is 23.8 Å². The first kappa shape index (κ1) is 15.1. The first-order valence-corrected chi connectivity index (χ1v) is 5.26. The molecule has 0 bridgehead atoms. The zero-order chi connectivity index (χ0) is 13.3. The van der Waals surface area contributed by atoms with Gasteiger partial charge >= 0.3 is 11.9 Å². The van der Waals surface area contributed by atoms with Gasteiger partial charge in [0.15, 0.2) is 5.78 Å². The smallest absolute Gasteiger partial charge is 0.345 e. The molecule has 17 heavy (non-hydrogen) atoms. The molecule has 0 radical (unpaired) electrons. The maximum Gasteiger partial charge on any atom is 0.345 e. The molecule has 0 N–H and O–H groups in total. The molecule has 5 heteroatoms. The molecule has 0 saturated heterocycles. The fourth-order valence-corrected chi connectivity index (χ4v) is 0.917. The van der Waals surface area contributed by atoms with Gasteiger partial charge in [0.2, 0.25) is 0 Å². The highest BCUT2D eigenvalue weighted by Gasteiger charge is 2.19. The van der Waals surface area contributed by atoms with Crippen molar-refractivity contribution in [2.24, 2.45) is 0 Å². The van der Waals surface area contributed by atoms with Gasteiger partial charge in [-0.15, -0.1) is 0 Å². The lowest BCUT2D eigenvalue weighted by molar-refractivity contribution is -0.146. The summed E-state index contributed by atoms with van der Waals surface area (Å²) in [7, 11) is 0. The van der Waals surface area contributed by atoms with Crippen molar-refractivity contribution in [3.63, 3.8) is 0 Å². The molecule has 0 rings (SSSR count). The van der Waals surface area contributed by atoms with E-state index in [4.69, 9.17) is 9.47 Å². The number of esters is 2. The molecule has 0 heterocycles. The lowest BCUT2D eigenvalue weighted by Gasteiger charge is -2.05. The Hall–Kier alpha value is -1.91. The molecule has 0 aromatic carbocycles. The summed E-state index contributed by atoms with van der Waals surface area (Å²) in [5, 5.41) is 0. The van der Waals surface area contributed by atoms with Gasteiger partial charge in [-0.05, 0) is 32.9 Å². The lowest BCUT2D eigenvalue weighted by Crippen LogP contribution is -2.18. The maximum absolute atomic E-state index is 11.4. The van der Waals surface area contributed by atoms with E-state index in [-0.39, 0.29) is 24.6 Å². The highest BCUT2D eigenvalue weighted by Crippen LogP contribution is 2.03. The number of carbonyl (C=O) groups excluding carboxylic acids is 3. The molecule has 0 fully saturated rings. The molecule has 0 spiro atoms. The van der Waals surface area contributed by atoms with Crippen LogP contribution in [0.3, 0.4) is 0 Å². The van der Waals surface area contributed by atoms with Gasteiger partial charge in [-0.3, -0.25) is 4.79 Å². The van der Waals surface area contributed by atoms with Gasteiger partial charge < -0.3 is 9.47 Å². The molecular formula is C12H16O5. The van der Waals surface area contributed by atoms with E-state index in [0.29, 0.717) is 0 Å². The molecule has 0 saturated carbocycles. The maximum atomic E-state index is 11.4. The van der Waals surface area contributed by atoms with Crippen molar-refractivity contribution < 1.29 is 23.9 Å². The molecule has 94 valence electrons. The summed E-state index contributed by atoms with van der Waals surface area (Å²) in [4.78, 5) is 33.5. The van der Waals surface area contributed by atoms with Crippen LogP contribution in [0.5, 0.6) is 0 Å². The number of hydrogen-bond donors (Lipinski definition) is 0. The molecule has 0 aliphatic heterocycles. The highest BCUT2D eigenvalue weighted by atomic mass is 16.6. The average Bonchev–Trinajstić information content (AvgIpc) is 2.24. The Kier molecular flexibility index (Phi) is 7.34. The zero-order valence-corrected chi connectivity index (χ0v) is 10.2. The molecule has 0 amide bonds. The monoisotopic (exact) mass is 240 g/mol. The van der Waals surface area contributed by atoms with E-state index in [0.717, 1.165) is 0 Å². The Balaban J connectivity index is 4.90. The normalized spacial score (nSPS) is 9.82. The second-order valence-corrected chi connectivity index (χ2v) is 2.99. The van der Waals surface area contributed by atoms with Gasteiger partial charge in [0.05, 0.1) is 13.2 Å². The third-order valence-electron chi connectivity index (χ3n) is 1.58. The number of allylic oxidation sites excluding steroid dienone is 3. The number of hydrogen-bond acceptors (Lipinski definition) is 5. The standard InChI is InChI=1S/C12H16O5/c1-4-16-11(14)10(12(15)17-5-2)8-6-7-9(3)13/h6-8H,4-5H2,1-3H3. The van der Waals surface area contributed by atoms with E-state index in [1.807, 2.05) is 0 Å². The Labute approximate surface area is 100 Å². The number of ether oxygens (including phenoxy) is 2. The van der Waals surface area contributed by atoms with Gasteiger partial charge in [-0.2, -0.15) is 0 Å². The molecule has 0 aliphatic rings. The van der Waals surface area contributed by atoms with Crippen LogP contribution < -0.4 is 0 Å². The van der Waals surface area contributed by atoms with Crippen LogP contribution in [0.4, 0.5) is 0 Å². The summed E-state index contributed by atoms with van der Waals surface area (Å²) in [6, 6.07) is 0. The average molecular weight is 240 g/mol. The number of carbonyl (C=O) groups is 3. The largest absolute Gasteiger partial charge is 0.462 e. The topological polar surface area (TPSA) is 69.7 Å². The minimum Gasteiger partial charge on any atom is -0.462 e. The first-order valence-electron chi connectivity index (χ1n) is 5.26. The van der Waals surface area contributed by atoms with E-state index in [2.05, 4.69) is 0 Å². The van der Waals surface area contributed by atoms with Crippen molar-refractivity contribution >= 4 is 17.7 Å². The lowest BCUT2D eigenvalue weighted by atomic mass is 10.2. The SMILES string of the molecule is CCOC(=O)C(=CC=CC(C)=O)C(=O)OCC. The zero-order valence-electron chi connectivity index (χ0n) is 10.2. The summed E-state index contributed by atoms with van der Waals surface area (Å²) < 4.78 is 9.40. The predicted molar refractivity (Wildman–Crippen MR) is 61.2 cm³/mol. The fourth-order valence-electron chi connectivity index (χ4n) is 0.917. The van der Waals surface area contributed by atoms with Crippen LogP contribution in [0.25, 0.3) is 0 Å². The van der Waals surface area contributed by atoms with Crippen LogP contribution in [0, 0.1) is 0 Å². The third kappa shape index (κ3) is 6.29. The second kappa shape index (κ2) is 8.27. The van der Waals surface area contributed by atoms with Crippen LogP contribution in [0.2, 0.25) is 0 Å². The van der Waals surface area contributed by atoms with Gasteiger partial charge in [-0.1, -0.05) is 6.08 Å². The highest BCUT2D eigenvalue weighted by molar-refractivity contribution is 6.14. The van der Waals surface area contributed by atoms with Crippen LogP contribution >= 0.6 is 0 Å².